The first kappa shape index (κ1) is 13.0. The highest BCUT2D eigenvalue weighted by molar-refractivity contribution is 5.38. The van der Waals surface area contributed by atoms with Gasteiger partial charge in [-0.3, -0.25) is 9.13 Å². The van der Waals surface area contributed by atoms with Crippen LogP contribution in [0.2, 0.25) is 0 Å². The lowest BCUT2D eigenvalue weighted by atomic mass is 9.99. The molecule has 4 heteroatoms. The first-order valence-electron chi connectivity index (χ1n) is 7.36. The Morgan fingerprint density at radius 1 is 0.955 bits per heavy atom. The Hall–Kier alpha value is -2.75. The van der Waals surface area contributed by atoms with Crippen molar-refractivity contribution >= 4 is 0 Å². The third kappa shape index (κ3) is 1.96. The molecular weight excluding hydrogens is 276 g/mol. The minimum absolute atomic E-state index is 0.0864. The maximum atomic E-state index is 12.6. The van der Waals surface area contributed by atoms with Crippen LogP contribution in [0, 0.1) is 0 Å². The van der Waals surface area contributed by atoms with Crippen molar-refractivity contribution in [3.05, 3.63) is 87.5 Å². The summed E-state index contributed by atoms with van der Waals surface area (Å²) in [4.78, 5) is 12.6. The van der Waals surface area contributed by atoms with E-state index in [1.807, 2.05) is 48.5 Å². The van der Waals surface area contributed by atoms with E-state index in [0.717, 1.165) is 11.1 Å². The van der Waals surface area contributed by atoms with Crippen molar-refractivity contribution in [2.45, 2.75) is 19.5 Å². The van der Waals surface area contributed by atoms with E-state index in [0.29, 0.717) is 25.2 Å². The molecule has 0 unspecified atom stereocenters. The average molecular weight is 292 g/mol. The molecule has 1 aromatic heterocycles. The van der Waals surface area contributed by atoms with Crippen LogP contribution >= 0.6 is 0 Å². The number of fused-ring (bicyclic) bond motifs is 2. The van der Waals surface area contributed by atoms with E-state index in [2.05, 4.69) is 6.07 Å². The van der Waals surface area contributed by atoms with Gasteiger partial charge in [-0.15, -0.1) is 0 Å². The van der Waals surface area contributed by atoms with Gasteiger partial charge in [0.05, 0.1) is 18.8 Å². The van der Waals surface area contributed by atoms with E-state index >= 15 is 0 Å². The Labute approximate surface area is 127 Å². The zero-order valence-corrected chi connectivity index (χ0v) is 12.1. The molecule has 0 saturated heterocycles. The van der Waals surface area contributed by atoms with Crippen molar-refractivity contribution < 1.29 is 5.11 Å². The average Bonchev–Trinajstić information content (AvgIpc) is 2.79. The Kier molecular flexibility index (Phi) is 2.89. The summed E-state index contributed by atoms with van der Waals surface area (Å²) < 4.78 is 3.14. The molecule has 2 aromatic carbocycles. The summed E-state index contributed by atoms with van der Waals surface area (Å²) >= 11 is 0. The van der Waals surface area contributed by atoms with Crippen LogP contribution in [0.3, 0.4) is 0 Å². The molecule has 3 aromatic rings. The molecule has 1 N–H and O–H groups in total. The minimum atomic E-state index is -0.147. The van der Waals surface area contributed by atoms with Crippen LogP contribution in [0.15, 0.2) is 59.4 Å². The predicted octanol–water partition coefficient (Wildman–Crippen LogP) is 2.36. The van der Waals surface area contributed by atoms with E-state index in [9.17, 15) is 9.90 Å². The number of rotatable bonds is 2. The highest BCUT2D eigenvalue weighted by atomic mass is 16.3. The third-order valence-corrected chi connectivity index (χ3v) is 4.29. The second kappa shape index (κ2) is 4.91. The molecular formula is C18H16N2O2. The maximum absolute atomic E-state index is 12.6. The Bertz CT molecular complexity index is 891. The number of benzene rings is 2. The molecule has 22 heavy (non-hydrogen) atoms. The SMILES string of the molecule is O=c1n(Cc2ccccc2)c(O)c2n1Cc1ccccc1C2. The second-order valence-corrected chi connectivity index (χ2v) is 5.66. The Morgan fingerprint density at radius 2 is 1.64 bits per heavy atom. The molecule has 110 valence electrons. The monoisotopic (exact) mass is 292 g/mol. The number of aromatic nitrogens is 2. The van der Waals surface area contributed by atoms with Crippen LogP contribution < -0.4 is 5.69 Å². The van der Waals surface area contributed by atoms with Gasteiger partial charge in [-0.2, -0.15) is 0 Å². The van der Waals surface area contributed by atoms with Crippen LogP contribution in [0.1, 0.15) is 22.4 Å². The van der Waals surface area contributed by atoms with Gasteiger partial charge in [0.1, 0.15) is 0 Å². The summed E-state index contributed by atoms with van der Waals surface area (Å²) in [5.74, 6) is 0.0864. The van der Waals surface area contributed by atoms with Gasteiger partial charge in [0.15, 0.2) is 0 Å². The van der Waals surface area contributed by atoms with Gasteiger partial charge in [-0.1, -0.05) is 54.6 Å². The summed E-state index contributed by atoms with van der Waals surface area (Å²) in [5, 5.41) is 10.5. The molecule has 0 radical (unpaired) electrons. The molecule has 0 atom stereocenters. The minimum Gasteiger partial charge on any atom is -0.493 e. The molecule has 1 aliphatic rings. The van der Waals surface area contributed by atoms with Crippen molar-refractivity contribution in [2.75, 3.05) is 0 Å². The third-order valence-electron chi connectivity index (χ3n) is 4.29. The molecule has 4 rings (SSSR count). The topological polar surface area (TPSA) is 47.2 Å². The second-order valence-electron chi connectivity index (χ2n) is 5.66. The highest BCUT2D eigenvalue weighted by Gasteiger charge is 2.24. The van der Waals surface area contributed by atoms with E-state index < -0.39 is 0 Å². The van der Waals surface area contributed by atoms with Gasteiger partial charge in [-0.05, 0) is 16.7 Å². The fourth-order valence-electron chi connectivity index (χ4n) is 3.11. The van der Waals surface area contributed by atoms with Crippen molar-refractivity contribution in [3.8, 4) is 5.88 Å². The highest BCUT2D eigenvalue weighted by Crippen LogP contribution is 2.27. The molecule has 0 spiro atoms. The molecule has 1 aliphatic heterocycles. The van der Waals surface area contributed by atoms with Crippen molar-refractivity contribution in [1.82, 2.24) is 9.13 Å². The first-order chi connectivity index (χ1) is 10.7. The van der Waals surface area contributed by atoms with Gasteiger partial charge in [0, 0.05) is 6.42 Å². The molecule has 0 aliphatic carbocycles. The molecule has 0 bridgehead atoms. The Morgan fingerprint density at radius 3 is 2.41 bits per heavy atom. The van der Waals surface area contributed by atoms with Gasteiger partial charge < -0.3 is 5.11 Å². The summed E-state index contributed by atoms with van der Waals surface area (Å²) in [6, 6.07) is 17.8. The van der Waals surface area contributed by atoms with Gasteiger partial charge in [0.25, 0.3) is 0 Å². The van der Waals surface area contributed by atoms with Crippen LogP contribution in [0.4, 0.5) is 0 Å². The molecule has 4 nitrogen and oxygen atoms in total. The smallest absolute Gasteiger partial charge is 0.331 e. The maximum Gasteiger partial charge on any atom is 0.331 e. The van der Waals surface area contributed by atoms with E-state index in [1.165, 1.54) is 10.1 Å². The van der Waals surface area contributed by atoms with Gasteiger partial charge in [-0.25, -0.2) is 4.79 Å². The molecule has 0 saturated carbocycles. The lowest BCUT2D eigenvalue weighted by Crippen LogP contribution is -2.28. The summed E-state index contributed by atoms with van der Waals surface area (Å²) in [5.41, 5.74) is 3.88. The number of hydrogen-bond acceptors (Lipinski definition) is 2. The standard InChI is InChI=1S/C18H16N2O2/c21-17-16-10-14-8-4-5-9-15(14)12-19(16)18(22)20(17)11-13-6-2-1-3-7-13/h1-9,21H,10-12H2. The predicted molar refractivity (Wildman–Crippen MR) is 84.3 cm³/mol. The summed E-state index contributed by atoms with van der Waals surface area (Å²) in [6.45, 7) is 0.918. The van der Waals surface area contributed by atoms with Crippen molar-refractivity contribution in [3.63, 3.8) is 0 Å². The summed E-state index contributed by atoms with van der Waals surface area (Å²) in [6.07, 6.45) is 0.596. The van der Waals surface area contributed by atoms with Crippen LogP contribution in [0.25, 0.3) is 0 Å². The van der Waals surface area contributed by atoms with Crippen molar-refractivity contribution in [1.29, 1.82) is 0 Å². The van der Waals surface area contributed by atoms with Gasteiger partial charge in [0.2, 0.25) is 5.88 Å². The largest absolute Gasteiger partial charge is 0.493 e. The fraction of sp³-hybridized carbons (Fsp3) is 0.167. The number of aromatic hydroxyl groups is 1. The van der Waals surface area contributed by atoms with Gasteiger partial charge >= 0.3 is 5.69 Å². The number of imidazole rings is 1. The molecule has 0 fully saturated rings. The number of hydrogen-bond donors (Lipinski definition) is 1. The molecule has 2 heterocycles. The van der Waals surface area contributed by atoms with Crippen LogP contribution in [-0.2, 0) is 19.5 Å². The first-order valence-corrected chi connectivity index (χ1v) is 7.36. The normalized spacial score (nSPS) is 12.7. The fourth-order valence-corrected chi connectivity index (χ4v) is 3.11. The van der Waals surface area contributed by atoms with Crippen LogP contribution in [0.5, 0.6) is 5.88 Å². The zero-order chi connectivity index (χ0) is 15.1. The molecule has 0 amide bonds. The number of nitrogens with zero attached hydrogens (tertiary/aromatic N) is 2. The van der Waals surface area contributed by atoms with Crippen LogP contribution in [-0.4, -0.2) is 14.2 Å². The Balaban J connectivity index is 1.78. The summed E-state index contributed by atoms with van der Waals surface area (Å²) in [7, 11) is 0. The quantitative estimate of drug-likeness (QED) is 0.616. The zero-order valence-electron chi connectivity index (χ0n) is 12.1. The lowest BCUT2D eigenvalue weighted by Gasteiger charge is -2.17. The van der Waals surface area contributed by atoms with E-state index in [-0.39, 0.29) is 11.6 Å². The van der Waals surface area contributed by atoms with Crippen molar-refractivity contribution in [2.24, 2.45) is 0 Å². The lowest BCUT2D eigenvalue weighted by molar-refractivity contribution is 0.416. The van der Waals surface area contributed by atoms with E-state index in [1.54, 1.807) is 4.57 Å². The van der Waals surface area contributed by atoms with E-state index in [4.69, 9.17) is 0 Å².